The molecule has 2 heterocycles. The van der Waals surface area contributed by atoms with Gasteiger partial charge in [-0.15, -0.1) is 11.3 Å². The second-order valence-corrected chi connectivity index (χ2v) is 10.00. The van der Waals surface area contributed by atoms with E-state index in [2.05, 4.69) is 15.3 Å². The van der Waals surface area contributed by atoms with Crippen LogP contribution in [-0.4, -0.2) is 31.0 Å². The van der Waals surface area contributed by atoms with Gasteiger partial charge < -0.3 is 10.4 Å². The first-order valence-corrected chi connectivity index (χ1v) is 11.5. The monoisotopic (exact) mass is 482 g/mol. The quantitative estimate of drug-likeness (QED) is 0.403. The number of benzene rings is 2. The first-order chi connectivity index (χ1) is 15.6. The van der Waals surface area contributed by atoms with Crippen LogP contribution in [0.5, 0.6) is 0 Å². The van der Waals surface area contributed by atoms with E-state index >= 15 is 0 Å². The molecule has 2 aromatic heterocycles. The number of carbonyl (C=O) groups excluding carboxylic acids is 1. The predicted octanol–water partition coefficient (Wildman–Crippen LogP) is 4.49. The van der Waals surface area contributed by atoms with Gasteiger partial charge in [0.25, 0.3) is 5.56 Å². The van der Waals surface area contributed by atoms with Crippen LogP contribution < -0.4 is 10.9 Å². The SMILES string of the molecule is Cc1nc2ccc(Nc3ncc(CC(=O)C(C)(C)O)c(=O)n3Cc3ccc(Cl)cc3)cc2s1. The van der Waals surface area contributed by atoms with Crippen molar-refractivity contribution in [3.8, 4) is 0 Å². The molecule has 0 fully saturated rings. The van der Waals surface area contributed by atoms with Gasteiger partial charge in [-0.1, -0.05) is 23.7 Å². The number of nitrogens with one attached hydrogen (secondary N) is 1. The Morgan fingerprint density at radius 1 is 1.21 bits per heavy atom. The molecule has 0 aliphatic rings. The van der Waals surface area contributed by atoms with E-state index < -0.39 is 11.4 Å². The molecule has 33 heavy (non-hydrogen) atoms. The van der Waals surface area contributed by atoms with Gasteiger partial charge in [-0.25, -0.2) is 9.97 Å². The van der Waals surface area contributed by atoms with Crippen molar-refractivity contribution in [2.24, 2.45) is 0 Å². The molecule has 0 saturated heterocycles. The zero-order chi connectivity index (χ0) is 23.8. The molecular formula is C24H23ClN4O3S. The first kappa shape index (κ1) is 23.1. The summed E-state index contributed by atoms with van der Waals surface area (Å²) in [5.74, 6) is -0.110. The lowest BCUT2D eigenvalue weighted by atomic mass is 9.98. The summed E-state index contributed by atoms with van der Waals surface area (Å²) in [5, 5.41) is 14.8. The molecule has 0 aliphatic heterocycles. The van der Waals surface area contributed by atoms with Crippen LogP contribution in [0.15, 0.2) is 53.5 Å². The third kappa shape index (κ3) is 5.30. The minimum Gasteiger partial charge on any atom is -0.383 e. The van der Waals surface area contributed by atoms with Gasteiger partial charge in [-0.2, -0.15) is 0 Å². The summed E-state index contributed by atoms with van der Waals surface area (Å²) >= 11 is 7.59. The number of fused-ring (bicyclic) bond motifs is 1. The van der Waals surface area contributed by atoms with Gasteiger partial charge in [0, 0.05) is 28.9 Å². The first-order valence-electron chi connectivity index (χ1n) is 10.3. The number of halogens is 1. The van der Waals surface area contributed by atoms with E-state index in [1.165, 1.54) is 24.6 Å². The lowest BCUT2D eigenvalue weighted by molar-refractivity contribution is -0.133. The number of carbonyl (C=O) groups is 1. The standard InChI is InChI=1S/C24H23ClN4O3S/c1-14-27-19-9-8-18(11-20(19)33-14)28-23-26-12-16(10-21(30)24(2,3)32)22(31)29(23)13-15-4-6-17(25)7-5-15/h4-9,11-12,32H,10,13H2,1-3H3,(H,26,28). The summed E-state index contributed by atoms with van der Waals surface area (Å²) in [6, 6.07) is 12.9. The van der Waals surface area contributed by atoms with Crippen LogP contribution in [0.4, 0.5) is 11.6 Å². The maximum atomic E-state index is 13.3. The van der Waals surface area contributed by atoms with Gasteiger partial charge in [0.05, 0.1) is 21.8 Å². The van der Waals surface area contributed by atoms with Crippen LogP contribution in [0.25, 0.3) is 10.2 Å². The normalized spacial score (nSPS) is 11.7. The van der Waals surface area contributed by atoms with Crippen molar-refractivity contribution in [1.29, 1.82) is 0 Å². The van der Waals surface area contributed by atoms with Crippen LogP contribution in [-0.2, 0) is 17.8 Å². The van der Waals surface area contributed by atoms with E-state index in [0.717, 1.165) is 26.5 Å². The Balaban J connectivity index is 1.73. The summed E-state index contributed by atoms with van der Waals surface area (Å²) in [4.78, 5) is 34.6. The summed E-state index contributed by atoms with van der Waals surface area (Å²) in [6.07, 6.45) is 1.18. The van der Waals surface area contributed by atoms with Gasteiger partial charge in [0.1, 0.15) is 5.60 Å². The van der Waals surface area contributed by atoms with Crippen molar-refractivity contribution in [3.63, 3.8) is 0 Å². The number of anilines is 2. The van der Waals surface area contributed by atoms with Gasteiger partial charge in [0.2, 0.25) is 5.95 Å². The second-order valence-electron chi connectivity index (χ2n) is 8.32. The third-order valence-electron chi connectivity index (χ3n) is 5.16. The van der Waals surface area contributed by atoms with Crippen molar-refractivity contribution in [1.82, 2.24) is 14.5 Å². The number of aliphatic hydroxyl groups is 1. The second kappa shape index (κ2) is 9.05. The third-order valence-corrected chi connectivity index (χ3v) is 6.34. The van der Waals surface area contributed by atoms with Crippen molar-refractivity contribution in [2.75, 3.05) is 5.32 Å². The Hall–Kier alpha value is -3.07. The molecular weight excluding hydrogens is 460 g/mol. The summed E-state index contributed by atoms with van der Waals surface area (Å²) < 4.78 is 2.51. The van der Waals surface area contributed by atoms with E-state index in [1.807, 2.05) is 37.3 Å². The number of aryl methyl sites for hydroxylation is 1. The Morgan fingerprint density at radius 2 is 1.94 bits per heavy atom. The zero-order valence-electron chi connectivity index (χ0n) is 18.4. The number of hydrogen-bond acceptors (Lipinski definition) is 7. The fourth-order valence-corrected chi connectivity index (χ4v) is 4.30. The molecule has 2 N–H and O–H groups in total. The molecule has 2 aromatic carbocycles. The molecule has 170 valence electrons. The van der Waals surface area contributed by atoms with E-state index in [-0.39, 0.29) is 24.1 Å². The van der Waals surface area contributed by atoms with Crippen molar-refractivity contribution >= 4 is 50.6 Å². The average Bonchev–Trinajstić information content (AvgIpc) is 3.12. The van der Waals surface area contributed by atoms with E-state index in [1.54, 1.807) is 23.5 Å². The Labute approximate surface area is 199 Å². The van der Waals surface area contributed by atoms with Gasteiger partial charge in [-0.3, -0.25) is 14.2 Å². The molecule has 0 saturated carbocycles. The smallest absolute Gasteiger partial charge is 0.258 e. The Morgan fingerprint density at radius 3 is 2.64 bits per heavy atom. The summed E-state index contributed by atoms with van der Waals surface area (Å²) in [5.41, 5.74) is 0.862. The highest BCUT2D eigenvalue weighted by atomic mass is 35.5. The van der Waals surface area contributed by atoms with Crippen LogP contribution in [0.3, 0.4) is 0 Å². The maximum absolute atomic E-state index is 13.3. The molecule has 0 atom stereocenters. The molecule has 9 heteroatoms. The highest BCUT2D eigenvalue weighted by Crippen LogP contribution is 2.26. The highest BCUT2D eigenvalue weighted by Gasteiger charge is 2.25. The predicted molar refractivity (Wildman–Crippen MR) is 132 cm³/mol. The molecule has 0 amide bonds. The lowest BCUT2D eigenvalue weighted by Gasteiger charge is -2.17. The number of aromatic nitrogens is 3. The van der Waals surface area contributed by atoms with Crippen molar-refractivity contribution in [2.45, 2.75) is 39.3 Å². The Bertz CT molecular complexity index is 1390. The van der Waals surface area contributed by atoms with Crippen molar-refractivity contribution in [3.05, 3.63) is 80.2 Å². The van der Waals surface area contributed by atoms with Crippen LogP contribution >= 0.6 is 22.9 Å². The van der Waals surface area contributed by atoms with E-state index in [4.69, 9.17) is 11.6 Å². The topological polar surface area (TPSA) is 97.1 Å². The average molecular weight is 483 g/mol. The Kier molecular flexibility index (Phi) is 6.34. The molecule has 0 unspecified atom stereocenters. The molecule has 0 spiro atoms. The molecule has 0 radical (unpaired) electrons. The fourth-order valence-electron chi connectivity index (χ4n) is 3.31. The molecule has 4 aromatic rings. The molecule has 0 aliphatic carbocycles. The summed E-state index contributed by atoms with van der Waals surface area (Å²) in [6.45, 7) is 5.00. The number of nitrogens with zero attached hydrogens (tertiary/aromatic N) is 3. The van der Waals surface area contributed by atoms with Crippen LogP contribution in [0.1, 0.15) is 30.0 Å². The highest BCUT2D eigenvalue weighted by molar-refractivity contribution is 7.18. The number of ketones is 1. The number of hydrogen-bond donors (Lipinski definition) is 2. The summed E-state index contributed by atoms with van der Waals surface area (Å²) in [7, 11) is 0. The molecule has 4 rings (SSSR count). The molecule has 7 nitrogen and oxygen atoms in total. The minimum absolute atomic E-state index is 0.206. The van der Waals surface area contributed by atoms with Crippen LogP contribution in [0.2, 0.25) is 5.02 Å². The molecule has 0 bridgehead atoms. The zero-order valence-corrected chi connectivity index (χ0v) is 20.0. The van der Waals surface area contributed by atoms with Gasteiger partial charge in [0.15, 0.2) is 5.78 Å². The van der Waals surface area contributed by atoms with E-state index in [0.29, 0.717) is 11.0 Å². The largest absolute Gasteiger partial charge is 0.383 e. The van der Waals surface area contributed by atoms with Crippen LogP contribution in [0, 0.1) is 6.92 Å². The van der Waals surface area contributed by atoms with Crippen molar-refractivity contribution < 1.29 is 9.90 Å². The number of rotatable bonds is 7. The number of Topliss-reactive ketones (excluding diaryl/α,β-unsaturated/α-hetero) is 1. The lowest BCUT2D eigenvalue weighted by Crippen LogP contribution is -2.35. The number of thiazole rings is 1. The fraction of sp³-hybridized carbons (Fsp3) is 0.250. The van der Waals surface area contributed by atoms with Gasteiger partial charge in [-0.05, 0) is 56.7 Å². The van der Waals surface area contributed by atoms with E-state index in [9.17, 15) is 14.7 Å². The minimum atomic E-state index is -1.54. The maximum Gasteiger partial charge on any atom is 0.258 e. The van der Waals surface area contributed by atoms with Gasteiger partial charge >= 0.3 is 0 Å².